The Balaban J connectivity index is 2.34. The van der Waals surface area contributed by atoms with Crippen LogP contribution < -0.4 is 0 Å². The minimum absolute atomic E-state index is 0.120. The van der Waals surface area contributed by atoms with E-state index in [4.69, 9.17) is 4.52 Å². The monoisotopic (exact) mass is 136 g/mol. The van der Waals surface area contributed by atoms with Crippen molar-refractivity contribution in [3.8, 4) is 0 Å². The Morgan fingerprint density at radius 3 is 2.88 bits per heavy atom. The van der Waals surface area contributed by atoms with Gasteiger partial charge in [-0.15, -0.1) is 0 Å². The molecule has 0 N–H and O–H groups in total. The maximum absolute atomic E-state index is 10.4. The van der Waals surface area contributed by atoms with Gasteiger partial charge in [-0.1, -0.05) is 0 Å². The third-order valence-electron chi connectivity index (χ3n) is 1.04. The van der Waals surface area contributed by atoms with E-state index in [0.717, 1.165) is 6.42 Å². The molecule has 1 rings (SSSR count). The molecular formula is C4H9O3P. The minimum atomic E-state index is -2.09. The second-order valence-electron chi connectivity index (χ2n) is 1.82. The Kier molecular flexibility index (Phi) is 2.06. The molecule has 8 heavy (non-hydrogen) atoms. The van der Waals surface area contributed by atoms with Crippen LogP contribution in [0.5, 0.6) is 0 Å². The standard InChI is InChI=1S/C4H9O3P/c1-4-2-3-6-8(5)7-4/h4,8H,2-3H2,1H3. The molecule has 0 aromatic rings. The van der Waals surface area contributed by atoms with Gasteiger partial charge in [0.1, 0.15) is 0 Å². The smallest absolute Gasteiger partial charge is 0.311 e. The number of rotatable bonds is 0. The molecule has 0 saturated carbocycles. The Morgan fingerprint density at radius 1 is 1.75 bits per heavy atom. The van der Waals surface area contributed by atoms with E-state index in [-0.39, 0.29) is 6.10 Å². The first-order chi connectivity index (χ1) is 3.79. The van der Waals surface area contributed by atoms with Crippen LogP contribution in [-0.2, 0) is 13.6 Å². The van der Waals surface area contributed by atoms with Gasteiger partial charge in [-0.25, -0.2) is 0 Å². The first-order valence-corrected chi connectivity index (χ1v) is 3.85. The van der Waals surface area contributed by atoms with Gasteiger partial charge in [-0.3, -0.25) is 4.57 Å². The highest BCUT2D eigenvalue weighted by molar-refractivity contribution is 7.33. The zero-order valence-corrected chi connectivity index (χ0v) is 5.72. The summed E-state index contributed by atoms with van der Waals surface area (Å²) in [5.74, 6) is 0. The molecule has 48 valence electrons. The number of hydrogen-bond donors (Lipinski definition) is 0. The molecule has 1 aliphatic heterocycles. The van der Waals surface area contributed by atoms with Crippen molar-refractivity contribution in [1.82, 2.24) is 0 Å². The Morgan fingerprint density at radius 2 is 2.50 bits per heavy atom. The first-order valence-electron chi connectivity index (χ1n) is 2.62. The topological polar surface area (TPSA) is 35.5 Å². The molecule has 2 atom stereocenters. The summed E-state index contributed by atoms with van der Waals surface area (Å²) in [6.07, 6.45) is 0.978. The molecule has 0 radical (unpaired) electrons. The van der Waals surface area contributed by atoms with E-state index in [9.17, 15) is 4.57 Å². The van der Waals surface area contributed by atoms with Crippen LogP contribution in [0.2, 0.25) is 0 Å². The predicted molar refractivity (Wildman–Crippen MR) is 30.1 cm³/mol. The van der Waals surface area contributed by atoms with Crippen molar-refractivity contribution in [2.75, 3.05) is 6.61 Å². The zero-order valence-electron chi connectivity index (χ0n) is 4.72. The van der Waals surface area contributed by atoms with Crippen LogP contribution in [0.3, 0.4) is 0 Å². The highest BCUT2D eigenvalue weighted by Crippen LogP contribution is 2.31. The molecule has 1 saturated heterocycles. The summed E-state index contributed by atoms with van der Waals surface area (Å²) in [7, 11) is -2.09. The predicted octanol–water partition coefficient (Wildman–Crippen LogP) is 1.20. The summed E-state index contributed by atoms with van der Waals surface area (Å²) in [5, 5.41) is 0. The van der Waals surface area contributed by atoms with E-state index in [1.54, 1.807) is 0 Å². The number of hydrogen-bond acceptors (Lipinski definition) is 3. The molecule has 0 spiro atoms. The molecule has 4 heteroatoms. The average Bonchev–Trinajstić information content (AvgIpc) is 1.64. The van der Waals surface area contributed by atoms with Gasteiger partial charge in [-0.05, 0) is 13.3 Å². The fourth-order valence-corrected chi connectivity index (χ4v) is 1.36. The van der Waals surface area contributed by atoms with Crippen molar-refractivity contribution in [1.29, 1.82) is 0 Å². The Bertz CT molecular complexity index is 103. The normalized spacial score (nSPS) is 39.6. The maximum atomic E-state index is 10.4. The van der Waals surface area contributed by atoms with E-state index in [1.807, 2.05) is 6.92 Å². The van der Waals surface area contributed by atoms with E-state index in [1.165, 1.54) is 0 Å². The molecule has 0 amide bonds. The van der Waals surface area contributed by atoms with Crippen molar-refractivity contribution in [2.24, 2.45) is 0 Å². The van der Waals surface area contributed by atoms with Gasteiger partial charge in [0.25, 0.3) is 0 Å². The van der Waals surface area contributed by atoms with Gasteiger partial charge in [0.2, 0.25) is 0 Å². The molecule has 1 heterocycles. The summed E-state index contributed by atoms with van der Waals surface area (Å²) in [4.78, 5) is 0. The third kappa shape index (κ3) is 1.58. The summed E-state index contributed by atoms with van der Waals surface area (Å²) in [5.41, 5.74) is 0. The largest absolute Gasteiger partial charge is 0.319 e. The first kappa shape index (κ1) is 6.27. The van der Waals surface area contributed by atoms with Gasteiger partial charge in [0.05, 0.1) is 12.7 Å². The molecule has 0 aliphatic carbocycles. The highest BCUT2D eigenvalue weighted by Gasteiger charge is 2.13. The molecule has 0 bridgehead atoms. The molecular weight excluding hydrogens is 127 g/mol. The summed E-state index contributed by atoms with van der Waals surface area (Å²) >= 11 is 0. The fourth-order valence-electron chi connectivity index (χ4n) is 0.565. The molecule has 1 aliphatic rings. The van der Waals surface area contributed by atoms with Crippen molar-refractivity contribution in [2.45, 2.75) is 19.4 Å². The van der Waals surface area contributed by atoms with Gasteiger partial charge in [0, 0.05) is 0 Å². The quantitative estimate of drug-likeness (QED) is 0.469. The Hall–Kier alpha value is 0.150. The maximum Gasteiger partial charge on any atom is 0.319 e. The van der Waals surface area contributed by atoms with E-state index >= 15 is 0 Å². The summed E-state index contributed by atoms with van der Waals surface area (Å²) in [6.45, 7) is 2.48. The molecule has 3 nitrogen and oxygen atoms in total. The van der Waals surface area contributed by atoms with E-state index in [2.05, 4.69) is 4.52 Å². The highest BCUT2D eigenvalue weighted by atomic mass is 31.1. The van der Waals surface area contributed by atoms with Crippen LogP contribution in [0.1, 0.15) is 13.3 Å². The summed E-state index contributed by atoms with van der Waals surface area (Å²) in [6, 6.07) is 0. The fraction of sp³-hybridized carbons (Fsp3) is 1.00. The van der Waals surface area contributed by atoms with E-state index < -0.39 is 8.25 Å². The van der Waals surface area contributed by atoms with Gasteiger partial charge >= 0.3 is 8.25 Å². The molecule has 0 aromatic heterocycles. The van der Waals surface area contributed by atoms with Crippen LogP contribution in [0.4, 0.5) is 0 Å². The lowest BCUT2D eigenvalue weighted by Crippen LogP contribution is -2.11. The van der Waals surface area contributed by atoms with Crippen molar-refractivity contribution < 1.29 is 13.6 Å². The third-order valence-corrected chi connectivity index (χ3v) is 2.08. The van der Waals surface area contributed by atoms with Gasteiger partial charge in [0.15, 0.2) is 0 Å². The second-order valence-corrected chi connectivity index (χ2v) is 2.84. The molecule has 2 unspecified atom stereocenters. The Labute approximate surface area is 48.9 Å². The van der Waals surface area contributed by atoms with Gasteiger partial charge in [-0.2, -0.15) is 0 Å². The van der Waals surface area contributed by atoms with Crippen LogP contribution in [0.25, 0.3) is 0 Å². The van der Waals surface area contributed by atoms with Crippen molar-refractivity contribution >= 4 is 8.25 Å². The van der Waals surface area contributed by atoms with Crippen LogP contribution >= 0.6 is 8.25 Å². The molecule has 0 aromatic carbocycles. The van der Waals surface area contributed by atoms with Crippen LogP contribution in [0.15, 0.2) is 0 Å². The minimum Gasteiger partial charge on any atom is -0.311 e. The SMILES string of the molecule is CC1CCO[PH](=O)O1. The van der Waals surface area contributed by atoms with Crippen LogP contribution in [-0.4, -0.2) is 12.7 Å². The molecule has 1 fully saturated rings. The van der Waals surface area contributed by atoms with Gasteiger partial charge < -0.3 is 9.05 Å². The zero-order chi connectivity index (χ0) is 5.98. The lowest BCUT2D eigenvalue weighted by atomic mass is 10.3. The summed E-state index contributed by atoms with van der Waals surface area (Å²) < 4.78 is 19.9. The lowest BCUT2D eigenvalue weighted by molar-refractivity contribution is 0.108. The average molecular weight is 136 g/mol. The second kappa shape index (κ2) is 2.62. The van der Waals surface area contributed by atoms with E-state index in [0.29, 0.717) is 6.61 Å². The van der Waals surface area contributed by atoms with Crippen LogP contribution in [0, 0.1) is 0 Å². The van der Waals surface area contributed by atoms with Crippen molar-refractivity contribution in [3.05, 3.63) is 0 Å². The lowest BCUT2D eigenvalue weighted by Gasteiger charge is -2.17. The van der Waals surface area contributed by atoms with Crippen molar-refractivity contribution in [3.63, 3.8) is 0 Å².